The first-order chi connectivity index (χ1) is 12.2. The van der Waals surface area contributed by atoms with E-state index < -0.39 is 0 Å². The third kappa shape index (κ3) is 3.14. The maximum Gasteiger partial charge on any atom is 0.276 e. The number of hydrogen-bond donors (Lipinski definition) is 1. The predicted octanol–water partition coefficient (Wildman–Crippen LogP) is 2.92. The number of H-pyrrole nitrogens is 1. The molecule has 0 saturated carbocycles. The Labute approximate surface area is 145 Å². The Morgan fingerprint density at radius 2 is 2.36 bits per heavy atom. The van der Waals surface area contributed by atoms with E-state index in [0.29, 0.717) is 12.2 Å². The molecule has 25 heavy (non-hydrogen) atoms. The number of aromatic nitrogens is 4. The molecule has 130 valence electrons. The quantitative estimate of drug-likeness (QED) is 0.789. The maximum absolute atomic E-state index is 12.7. The third-order valence-corrected chi connectivity index (χ3v) is 4.72. The summed E-state index contributed by atoms with van der Waals surface area (Å²) in [6, 6.07) is 5.83. The van der Waals surface area contributed by atoms with E-state index >= 15 is 0 Å². The zero-order valence-corrected chi connectivity index (χ0v) is 14.2. The number of likely N-dealkylation sites (tertiary alicyclic amines) is 1. The van der Waals surface area contributed by atoms with Gasteiger partial charge in [0.15, 0.2) is 11.3 Å². The third-order valence-electron chi connectivity index (χ3n) is 4.72. The fourth-order valence-corrected chi connectivity index (χ4v) is 3.41. The molecule has 4 rings (SSSR count). The second-order valence-corrected chi connectivity index (χ2v) is 6.56. The number of carbonyl (C=O) groups excluding carboxylic acids is 1. The Morgan fingerprint density at radius 3 is 3.24 bits per heavy atom. The van der Waals surface area contributed by atoms with Crippen LogP contribution in [0.15, 0.2) is 28.9 Å². The molecule has 1 aliphatic heterocycles. The van der Waals surface area contributed by atoms with Crippen molar-refractivity contribution in [2.24, 2.45) is 0 Å². The first kappa shape index (κ1) is 15.8. The predicted molar refractivity (Wildman–Crippen MR) is 92.3 cm³/mol. The normalized spacial score (nSPS) is 18.0. The van der Waals surface area contributed by atoms with Crippen molar-refractivity contribution in [3.63, 3.8) is 0 Å². The number of pyridine rings is 1. The molecule has 0 radical (unpaired) electrons. The molecule has 0 aromatic carbocycles. The van der Waals surface area contributed by atoms with E-state index in [1.807, 2.05) is 17.0 Å². The van der Waals surface area contributed by atoms with Crippen molar-refractivity contribution < 1.29 is 9.32 Å². The van der Waals surface area contributed by atoms with Crippen LogP contribution < -0.4 is 0 Å². The van der Waals surface area contributed by atoms with E-state index in [4.69, 9.17) is 4.52 Å². The van der Waals surface area contributed by atoms with Gasteiger partial charge in [-0.3, -0.25) is 9.89 Å². The van der Waals surface area contributed by atoms with Crippen LogP contribution in [0.4, 0.5) is 0 Å². The molecule has 3 aromatic rings. The summed E-state index contributed by atoms with van der Waals surface area (Å²) in [5.41, 5.74) is 2.20. The van der Waals surface area contributed by atoms with Gasteiger partial charge in [-0.25, -0.2) is 4.98 Å². The zero-order valence-electron chi connectivity index (χ0n) is 14.2. The fourth-order valence-electron chi connectivity index (χ4n) is 3.41. The lowest BCUT2D eigenvalue weighted by Crippen LogP contribution is -2.39. The molecule has 7 nitrogen and oxygen atoms in total. The number of fused-ring (bicyclic) bond motifs is 1. The lowest BCUT2D eigenvalue weighted by atomic mass is 9.94. The second-order valence-electron chi connectivity index (χ2n) is 6.56. The van der Waals surface area contributed by atoms with Gasteiger partial charge >= 0.3 is 0 Å². The van der Waals surface area contributed by atoms with E-state index in [2.05, 4.69) is 27.3 Å². The van der Waals surface area contributed by atoms with Gasteiger partial charge in [0.1, 0.15) is 5.76 Å². The highest BCUT2D eigenvalue weighted by Crippen LogP contribution is 2.27. The zero-order chi connectivity index (χ0) is 17.2. The molecule has 1 amide bonds. The molecule has 1 aliphatic rings. The number of hydrogen-bond acceptors (Lipinski definition) is 5. The number of carbonyl (C=O) groups is 1. The average molecular weight is 339 g/mol. The lowest BCUT2D eigenvalue weighted by Gasteiger charge is -2.32. The topological polar surface area (TPSA) is 87.9 Å². The second kappa shape index (κ2) is 6.66. The summed E-state index contributed by atoms with van der Waals surface area (Å²) >= 11 is 0. The van der Waals surface area contributed by atoms with Crippen molar-refractivity contribution in [2.45, 2.75) is 38.5 Å². The minimum absolute atomic E-state index is 0.0570. The summed E-state index contributed by atoms with van der Waals surface area (Å²) in [7, 11) is 0. The Hall–Kier alpha value is -2.70. The number of aromatic amines is 1. The fraction of sp³-hybridized carbons (Fsp3) is 0.444. The Bertz CT molecular complexity index is 884. The molecule has 1 unspecified atom stereocenters. The summed E-state index contributed by atoms with van der Waals surface area (Å²) in [6.07, 6.45) is 5.52. The number of aryl methyl sites for hydroxylation is 1. The number of nitrogens with one attached hydrogen (secondary N) is 1. The molecular formula is C18H21N5O2. The molecule has 1 fully saturated rings. The van der Waals surface area contributed by atoms with Crippen LogP contribution in [-0.4, -0.2) is 44.2 Å². The van der Waals surface area contributed by atoms with Crippen LogP contribution in [-0.2, 0) is 6.42 Å². The van der Waals surface area contributed by atoms with Crippen molar-refractivity contribution in [3.05, 3.63) is 41.5 Å². The summed E-state index contributed by atoms with van der Waals surface area (Å²) < 4.78 is 5.25. The van der Waals surface area contributed by atoms with Crippen molar-refractivity contribution in [3.8, 4) is 0 Å². The van der Waals surface area contributed by atoms with Gasteiger partial charge < -0.3 is 9.42 Å². The highest BCUT2D eigenvalue weighted by molar-refractivity contribution is 5.92. The van der Waals surface area contributed by atoms with Gasteiger partial charge in [0, 0.05) is 42.6 Å². The minimum Gasteiger partial charge on any atom is -0.361 e. The highest BCUT2D eigenvalue weighted by atomic mass is 16.5. The SMILES string of the molecule is CCCc1cc(C(=O)N2CCCC(c3ccc4cn[nH]c4n3)C2)no1. The van der Waals surface area contributed by atoms with E-state index in [1.54, 1.807) is 12.3 Å². The van der Waals surface area contributed by atoms with E-state index in [9.17, 15) is 4.79 Å². The Balaban J connectivity index is 1.50. The Morgan fingerprint density at radius 1 is 1.44 bits per heavy atom. The van der Waals surface area contributed by atoms with Gasteiger partial charge in [-0.1, -0.05) is 12.1 Å². The number of nitrogens with zero attached hydrogens (tertiary/aromatic N) is 4. The van der Waals surface area contributed by atoms with Gasteiger partial charge in [0.25, 0.3) is 5.91 Å². The van der Waals surface area contributed by atoms with E-state index in [-0.39, 0.29) is 11.8 Å². The van der Waals surface area contributed by atoms with Crippen LogP contribution in [0.5, 0.6) is 0 Å². The van der Waals surface area contributed by atoms with Crippen LogP contribution in [0, 0.1) is 0 Å². The highest BCUT2D eigenvalue weighted by Gasteiger charge is 2.28. The van der Waals surface area contributed by atoms with Gasteiger partial charge in [-0.2, -0.15) is 5.10 Å². The molecule has 0 bridgehead atoms. The molecule has 1 N–H and O–H groups in total. The molecule has 7 heteroatoms. The molecule has 3 aromatic heterocycles. The summed E-state index contributed by atoms with van der Waals surface area (Å²) in [6.45, 7) is 3.47. The first-order valence-corrected chi connectivity index (χ1v) is 8.79. The Kier molecular flexibility index (Phi) is 4.21. The van der Waals surface area contributed by atoms with Crippen molar-refractivity contribution >= 4 is 16.9 Å². The van der Waals surface area contributed by atoms with Crippen molar-refractivity contribution in [2.75, 3.05) is 13.1 Å². The van der Waals surface area contributed by atoms with Crippen molar-refractivity contribution in [1.29, 1.82) is 0 Å². The van der Waals surface area contributed by atoms with Crippen LogP contribution in [0.2, 0.25) is 0 Å². The number of amides is 1. The lowest BCUT2D eigenvalue weighted by molar-refractivity contribution is 0.0695. The molecule has 4 heterocycles. The molecular weight excluding hydrogens is 318 g/mol. The molecule has 0 spiro atoms. The number of piperidine rings is 1. The maximum atomic E-state index is 12.7. The van der Waals surface area contributed by atoms with Crippen molar-refractivity contribution in [1.82, 2.24) is 25.2 Å². The van der Waals surface area contributed by atoms with Crippen LogP contribution in [0.3, 0.4) is 0 Å². The molecule has 1 saturated heterocycles. The van der Waals surface area contributed by atoms with Crippen LogP contribution in [0.25, 0.3) is 11.0 Å². The standard InChI is InChI=1S/C18H21N5O2/c1-2-4-14-9-16(22-25-14)18(24)23-8-3-5-13(11-23)15-7-6-12-10-19-21-17(12)20-15/h6-7,9-10,13H,2-5,8,11H2,1H3,(H,19,20,21). The first-order valence-electron chi connectivity index (χ1n) is 8.79. The van der Waals surface area contributed by atoms with Gasteiger partial charge in [0.2, 0.25) is 0 Å². The summed E-state index contributed by atoms with van der Waals surface area (Å²) in [4.78, 5) is 19.3. The van der Waals surface area contributed by atoms with Crippen LogP contribution >= 0.6 is 0 Å². The van der Waals surface area contributed by atoms with Gasteiger partial charge in [-0.05, 0) is 31.4 Å². The summed E-state index contributed by atoms with van der Waals surface area (Å²) in [5, 5.41) is 11.9. The largest absolute Gasteiger partial charge is 0.361 e. The minimum atomic E-state index is -0.0570. The van der Waals surface area contributed by atoms with E-state index in [1.165, 1.54) is 0 Å². The molecule has 0 aliphatic carbocycles. The van der Waals surface area contributed by atoms with E-state index in [0.717, 1.165) is 54.7 Å². The smallest absolute Gasteiger partial charge is 0.276 e. The molecule has 1 atom stereocenters. The monoisotopic (exact) mass is 339 g/mol. The summed E-state index contributed by atoms with van der Waals surface area (Å²) in [5.74, 6) is 0.941. The number of rotatable bonds is 4. The van der Waals surface area contributed by atoms with Gasteiger partial charge in [0.05, 0.1) is 6.20 Å². The van der Waals surface area contributed by atoms with Crippen LogP contribution in [0.1, 0.15) is 54.0 Å². The average Bonchev–Trinajstić information content (AvgIpc) is 3.30. The van der Waals surface area contributed by atoms with Gasteiger partial charge in [-0.15, -0.1) is 0 Å².